The van der Waals surface area contributed by atoms with Crippen LogP contribution in [-0.2, 0) is 9.59 Å². The van der Waals surface area contributed by atoms with Crippen LogP contribution in [0.4, 0.5) is 5.69 Å². The molecular weight excluding hydrogens is 400 g/mol. The van der Waals surface area contributed by atoms with Crippen LogP contribution in [0.3, 0.4) is 0 Å². The van der Waals surface area contributed by atoms with Crippen LogP contribution < -0.4 is 16.0 Å². The molecule has 2 aliphatic heterocycles. The molecule has 3 amide bonds. The Bertz CT molecular complexity index is 992. The number of nitrogens with two attached hydrogens (primary N) is 1. The minimum absolute atomic E-state index is 0.0932. The minimum atomic E-state index is -0.579. The van der Waals surface area contributed by atoms with E-state index in [1.165, 1.54) is 4.90 Å². The van der Waals surface area contributed by atoms with Crippen molar-refractivity contribution in [2.75, 3.05) is 31.7 Å². The molecule has 4 rings (SSSR count). The first kappa shape index (κ1) is 20.4. The number of rotatable bonds is 5. The van der Waals surface area contributed by atoms with E-state index in [0.717, 1.165) is 11.1 Å². The number of hydrogen-bond acceptors (Lipinski definition) is 4. The van der Waals surface area contributed by atoms with E-state index in [-0.39, 0.29) is 23.8 Å². The van der Waals surface area contributed by atoms with Crippen molar-refractivity contribution in [2.24, 2.45) is 0 Å². The van der Waals surface area contributed by atoms with Gasteiger partial charge in [-0.3, -0.25) is 14.4 Å². The van der Waals surface area contributed by atoms with Gasteiger partial charge in [0.2, 0.25) is 5.91 Å². The highest BCUT2D eigenvalue weighted by Crippen LogP contribution is 2.32. The number of likely N-dealkylation sites (N-methyl/N-ethyl adjacent to an activating group) is 1. The van der Waals surface area contributed by atoms with Crippen molar-refractivity contribution in [3.05, 3.63) is 48.0 Å². The number of thioether (sulfide) groups is 1. The Hall–Kier alpha value is -2.84. The average Bonchev–Trinajstić information content (AvgIpc) is 3.14. The summed E-state index contributed by atoms with van der Waals surface area (Å²) in [5.41, 5.74) is 2.94. The molecule has 4 N–H and O–H groups in total. The van der Waals surface area contributed by atoms with Crippen molar-refractivity contribution in [1.29, 1.82) is 0 Å². The predicted octanol–water partition coefficient (Wildman–Crippen LogP) is 0.920. The van der Waals surface area contributed by atoms with Crippen molar-refractivity contribution in [1.82, 2.24) is 10.2 Å². The molecule has 0 aromatic heterocycles. The van der Waals surface area contributed by atoms with Crippen LogP contribution >= 0.6 is 11.8 Å². The summed E-state index contributed by atoms with van der Waals surface area (Å²) in [6.45, 7) is 0.654. The third-order valence-corrected chi connectivity index (χ3v) is 6.29. The summed E-state index contributed by atoms with van der Waals surface area (Å²) in [6, 6.07) is 12.9. The number of nitrogens with zero attached hydrogens (tertiary/aromatic N) is 1. The molecule has 0 spiro atoms. The van der Waals surface area contributed by atoms with Gasteiger partial charge in [-0.05, 0) is 48.1 Å². The van der Waals surface area contributed by atoms with Gasteiger partial charge in [-0.2, -0.15) is 0 Å². The Morgan fingerprint density at radius 3 is 2.63 bits per heavy atom. The van der Waals surface area contributed by atoms with E-state index < -0.39 is 6.04 Å². The summed E-state index contributed by atoms with van der Waals surface area (Å²) < 4.78 is 0. The lowest BCUT2D eigenvalue weighted by Crippen LogP contribution is -2.82. The summed E-state index contributed by atoms with van der Waals surface area (Å²) in [7, 11) is 1.82. The Morgan fingerprint density at radius 2 is 1.93 bits per heavy atom. The van der Waals surface area contributed by atoms with Gasteiger partial charge in [-0.15, -0.1) is 11.8 Å². The lowest BCUT2D eigenvalue weighted by Gasteiger charge is -2.20. The highest BCUT2D eigenvalue weighted by Gasteiger charge is 2.43. The standard InChI is InChI=1S/C22H24N4O3S/c1-23-11-20(27)24-15-10-19-21(28)25-18-8-5-14(9-17(18)22(29)26(19)12-15)13-3-6-16(30-2)7-4-13/h3-9,15,19,23H,10-12H2,1-2H3,(H,24,27)(H,25,28)/p+1/t15-,19-/m0/s1. The lowest BCUT2D eigenvalue weighted by molar-refractivity contribution is -0.615. The Morgan fingerprint density at radius 1 is 1.20 bits per heavy atom. The van der Waals surface area contributed by atoms with Crippen LogP contribution in [0.25, 0.3) is 11.1 Å². The zero-order chi connectivity index (χ0) is 21.3. The summed E-state index contributed by atoms with van der Waals surface area (Å²) in [5.74, 6) is -0.489. The fraction of sp³-hybridized carbons (Fsp3) is 0.318. The Labute approximate surface area is 179 Å². The third-order valence-electron chi connectivity index (χ3n) is 5.55. The van der Waals surface area contributed by atoms with Crippen LogP contribution in [0.5, 0.6) is 0 Å². The molecule has 0 unspecified atom stereocenters. The first-order valence-electron chi connectivity index (χ1n) is 9.97. The molecule has 2 aromatic carbocycles. The van der Waals surface area contributed by atoms with Crippen molar-refractivity contribution >= 4 is 35.2 Å². The molecular formula is C22H25N4O3S+. The van der Waals surface area contributed by atoms with Crippen LogP contribution in [0.15, 0.2) is 47.4 Å². The molecule has 156 valence electrons. The quantitative estimate of drug-likeness (QED) is 0.621. The van der Waals surface area contributed by atoms with Crippen molar-refractivity contribution in [3.8, 4) is 11.1 Å². The van der Waals surface area contributed by atoms with Gasteiger partial charge >= 0.3 is 0 Å². The minimum Gasteiger partial charge on any atom is -0.347 e. The van der Waals surface area contributed by atoms with Gasteiger partial charge in [-0.1, -0.05) is 18.2 Å². The van der Waals surface area contributed by atoms with Crippen molar-refractivity contribution in [2.45, 2.75) is 23.4 Å². The smallest absolute Gasteiger partial charge is 0.275 e. The molecule has 0 bridgehead atoms. The van der Waals surface area contributed by atoms with Gasteiger partial charge in [0.05, 0.1) is 18.3 Å². The molecule has 7 nitrogen and oxygen atoms in total. The second kappa shape index (κ2) is 8.49. The molecule has 2 heterocycles. The highest BCUT2D eigenvalue weighted by atomic mass is 32.2. The van der Waals surface area contributed by atoms with Crippen LogP contribution in [0, 0.1) is 0 Å². The molecule has 1 fully saturated rings. The third kappa shape index (κ3) is 3.93. The molecule has 2 aromatic rings. The lowest BCUT2D eigenvalue weighted by atomic mass is 10.0. The van der Waals surface area contributed by atoms with E-state index in [1.807, 2.05) is 49.7 Å². The maximum atomic E-state index is 13.3. The second-order valence-electron chi connectivity index (χ2n) is 7.56. The normalized spacial score (nSPS) is 20.3. The number of amides is 3. The summed E-state index contributed by atoms with van der Waals surface area (Å²) >= 11 is 1.68. The number of nitrogens with one attached hydrogen (secondary N) is 2. The molecule has 1 saturated heterocycles. The summed E-state index contributed by atoms with van der Waals surface area (Å²) in [5, 5.41) is 7.60. The van der Waals surface area contributed by atoms with Crippen molar-refractivity contribution < 1.29 is 19.7 Å². The van der Waals surface area contributed by atoms with E-state index in [4.69, 9.17) is 0 Å². The number of carbonyl (C=O) groups is 3. The molecule has 0 saturated carbocycles. The first-order chi connectivity index (χ1) is 14.5. The number of fused-ring (bicyclic) bond motifs is 2. The maximum Gasteiger partial charge on any atom is 0.275 e. The zero-order valence-corrected chi connectivity index (χ0v) is 17.8. The fourth-order valence-electron chi connectivity index (χ4n) is 4.05. The largest absolute Gasteiger partial charge is 0.347 e. The van der Waals surface area contributed by atoms with E-state index in [9.17, 15) is 14.4 Å². The molecule has 8 heteroatoms. The van der Waals surface area contributed by atoms with E-state index in [1.54, 1.807) is 28.0 Å². The van der Waals surface area contributed by atoms with Gasteiger partial charge in [0, 0.05) is 17.5 Å². The monoisotopic (exact) mass is 425 g/mol. The number of quaternary nitrogens is 1. The number of anilines is 1. The predicted molar refractivity (Wildman–Crippen MR) is 116 cm³/mol. The van der Waals surface area contributed by atoms with Gasteiger partial charge in [-0.25, -0.2) is 0 Å². The van der Waals surface area contributed by atoms with Gasteiger partial charge in [0.25, 0.3) is 11.8 Å². The second-order valence-corrected chi connectivity index (χ2v) is 8.44. The van der Waals surface area contributed by atoms with Gasteiger partial charge in [0.1, 0.15) is 6.04 Å². The molecule has 30 heavy (non-hydrogen) atoms. The molecule has 2 aliphatic rings. The first-order valence-corrected chi connectivity index (χ1v) is 11.2. The maximum absolute atomic E-state index is 13.3. The van der Waals surface area contributed by atoms with Gasteiger partial charge in [0.15, 0.2) is 6.54 Å². The highest BCUT2D eigenvalue weighted by molar-refractivity contribution is 7.98. The Kier molecular flexibility index (Phi) is 5.78. The average molecular weight is 426 g/mol. The summed E-state index contributed by atoms with van der Waals surface area (Å²) in [6.07, 6.45) is 2.45. The SMILES string of the molecule is C[NH2+]CC(=O)N[C@H]1C[C@H]2C(=O)Nc3ccc(-c4ccc(SC)cc4)cc3C(=O)N2C1. The molecule has 0 aliphatic carbocycles. The molecule has 2 atom stereocenters. The number of hydrogen-bond donors (Lipinski definition) is 3. The number of carbonyl (C=O) groups excluding carboxylic acids is 3. The zero-order valence-electron chi connectivity index (χ0n) is 17.0. The fourth-order valence-corrected chi connectivity index (χ4v) is 4.46. The van der Waals surface area contributed by atoms with E-state index in [0.29, 0.717) is 30.8 Å². The summed E-state index contributed by atoms with van der Waals surface area (Å²) in [4.78, 5) is 40.8. The topological polar surface area (TPSA) is 95.1 Å². The van der Waals surface area contributed by atoms with Crippen molar-refractivity contribution in [3.63, 3.8) is 0 Å². The van der Waals surface area contributed by atoms with E-state index >= 15 is 0 Å². The van der Waals surface area contributed by atoms with E-state index in [2.05, 4.69) is 10.6 Å². The van der Waals surface area contributed by atoms with Crippen LogP contribution in [0.1, 0.15) is 16.8 Å². The van der Waals surface area contributed by atoms with Gasteiger partial charge < -0.3 is 20.9 Å². The van der Waals surface area contributed by atoms with Crippen LogP contribution in [-0.4, -0.2) is 61.1 Å². The number of benzene rings is 2. The van der Waals surface area contributed by atoms with Crippen LogP contribution in [0.2, 0.25) is 0 Å². The Balaban J connectivity index is 1.61. The molecule has 0 radical (unpaired) electrons.